The van der Waals surface area contributed by atoms with Crippen LogP contribution in [0.25, 0.3) is 92.0 Å². The van der Waals surface area contributed by atoms with Gasteiger partial charge in [-0.25, -0.2) is 4.98 Å². The fourth-order valence-electron chi connectivity index (χ4n) is 7.89. The van der Waals surface area contributed by atoms with Crippen molar-refractivity contribution in [3.8, 4) is 17.2 Å². The average molecular weight is 631 g/mol. The number of para-hydroxylation sites is 5. The predicted molar refractivity (Wildman–Crippen MR) is 203 cm³/mol. The van der Waals surface area contributed by atoms with Crippen LogP contribution < -0.4 is 0 Å². The Kier molecular flexibility index (Phi) is 5.23. The molecule has 0 aliphatic heterocycles. The highest BCUT2D eigenvalue weighted by atomic mass is 32.1. The molecule has 48 heavy (non-hydrogen) atoms. The molecule has 5 heterocycles. The number of nitrogens with zero attached hydrogens (tertiary/aromatic N) is 4. The minimum Gasteiger partial charge on any atom is -0.295 e. The molecule has 0 radical (unpaired) electrons. The summed E-state index contributed by atoms with van der Waals surface area (Å²) >= 11 is 1.81. The number of benzene rings is 6. The fraction of sp³-hybridized carbons (Fsp3) is 0. The maximum Gasteiger partial charge on any atom is 0.138 e. The Bertz CT molecular complexity index is 3010. The third-order valence-corrected chi connectivity index (χ3v) is 11.0. The van der Waals surface area contributed by atoms with E-state index in [9.17, 15) is 0 Å². The van der Waals surface area contributed by atoms with E-state index >= 15 is 0 Å². The Morgan fingerprint density at radius 2 is 0.917 bits per heavy atom. The molecule has 224 valence electrons. The molecule has 6 aromatic carbocycles. The van der Waals surface area contributed by atoms with Gasteiger partial charge in [0.15, 0.2) is 0 Å². The first-order valence-electron chi connectivity index (χ1n) is 16.2. The Morgan fingerprint density at radius 3 is 1.56 bits per heavy atom. The van der Waals surface area contributed by atoms with Gasteiger partial charge in [-0.15, -0.1) is 11.3 Å². The van der Waals surface area contributed by atoms with Crippen molar-refractivity contribution < 1.29 is 0 Å². The maximum absolute atomic E-state index is 5.03. The highest BCUT2D eigenvalue weighted by molar-refractivity contribution is 7.25. The fourth-order valence-corrected chi connectivity index (χ4v) is 8.92. The monoisotopic (exact) mass is 630 g/mol. The van der Waals surface area contributed by atoms with Gasteiger partial charge in [-0.05, 0) is 60.7 Å². The lowest BCUT2D eigenvalue weighted by atomic mass is 10.1. The summed E-state index contributed by atoms with van der Waals surface area (Å²) < 4.78 is 9.62. The normalized spacial score (nSPS) is 12.2. The molecule has 0 spiro atoms. The van der Waals surface area contributed by atoms with Crippen molar-refractivity contribution in [2.75, 3.05) is 0 Å². The third kappa shape index (κ3) is 3.46. The highest BCUT2D eigenvalue weighted by Gasteiger charge is 2.22. The number of hydrogen-bond acceptors (Lipinski definition) is 2. The summed E-state index contributed by atoms with van der Waals surface area (Å²) in [6, 6.07) is 54.8. The summed E-state index contributed by atoms with van der Waals surface area (Å²) in [6.07, 6.45) is 2.05. The van der Waals surface area contributed by atoms with Crippen LogP contribution in [-0.2, 0) is 0 Å². The van der Waals surface area contributed by atoms with Crippen LogP contribution in [0.4, 0.5) is 0 Å². The second kappa shape index (κ2) is 9.67. The molecular formula is C43H26N4S. The molecule has 11 rings (SSSR count). The van der Waals surface area contributed by atoms with Crippen molar-refractivity contribution in [1.29, 1.82) is 0 Å². The number of pyridine rings is 1. The van der Waals surface area contributed by atoms with Crippen molar-refractivity contribution in [2.24, 2.45) is 0 Å². The van der Waals surface area contributed by atoms with Gasteiger partial charge >= 0.3 is 0 Å². The van der Waals surface area contributed by atoms with Crippen LogP contribution in [0.1, 0.15) is 0 Å². The van der Waals surface area contributed by atoms with Gasteiger partial charge < -0.3 is 0 Å². The van der Waals surface area contributed by atoms with Crippen LogP contribution in [0.15, 0.2) is 158 Å². The first-order chi connectivity index (χ1) is 23.8. The van der Waals surface area contributed by atoms with Gasteiger partial charge in [-0.1, -0.05) is 91.0 Å². The number of rotatable bonds is 3. The van der Waals surface area contributed by atoms with Gasteiger partial charge in [0.25, 0.3) is 0 Å². The molecule has 0 amide bonds. The number of thiophene rings is 1. The zero-order valence-electron chi connectivity index (χ0n) is 25.7. The van der Waals surface area contributed by atoms with Crippen molar-refractivity contribution in [1.82, 2.24) is 18.7 Å². The van der Waals surface area contributed by atoms with Crippen LogP contribution in [0, 0.1) is 0 Å². The van der Waals surface area contributed by atoms with Crippen LogP contribution in [0.3, 0.4) is 0 Å². The quantitative estimate of drug-likeness (QED) is 0.191. The molecule has 5 heteroatoms. The molecule has 0 unspecified atom stereocenters. The van der Waals surface area contributed by atoms with E-state index in [-0.39, 0.29) is 0 Å². The minimum atomic E-state index is 0.933. The summed E-state index contributed by atoms with van der Waals surface area (Å²) in [4.78, 5) is 5.03. The molecule has 11 aromatic rings. The SMILES string of the molecule is c1ccc(-n2c3ccccc3c3c4ccccc4n(-c4ccc5sc6cnc(-n7c8ccccc8c8ccccc87)cc6c5c4)c32)cc1. The average Bonchev–Trinajstić information content (AvgIpc) is 3.87. The standard InChI is InChI=1S/C43H26N4S/c1-2-12-27(13-3-1)45-37-20-10-6-16-31(37)42-32-17-7-11-21-38(32)46(43(42)45)28-22-23-39-33(24-28)34-25-41(44-26-40(34)48-39)47-35-18-8-4-14-29(35)30-15-5-9-19-36(30)47/h1-26H. The summed E-state index contributed by atoms with van der Waals surface area (Å²) in [5.74, 6) is 0.933. The molecule has 0 aliphatic rings. The molecule has 0 bridgehead atoms. The van der Waals surface area contributed by atoms with E-state index in [2.05, 4.69) is 172 Å². The van der Waals surface area contributed by atoms with E-state index in [1.54, 1.807) is 11.3 Å². The molecule has 0 saturated carbocycles. The predicted octanol–water partition coefficient (Wildman–Crippen LogP) is 11.6. The van der Waals surface area contributed by atoms with Gasteiger partial charge in [-0.3, -0.25) is 13.7 Å². The molecule has 0 fully saturated rings. The van der Waals surface area contributed by atoms with Gasteiger partial charge in [0.05, 0.1) is 26.8 Å². The molecule has 0 saturated heterocycles. The van der Waals surface area contributed by atoms with Crippen LogP contribution in [0.5, 0.6) is 0 Å². The first kappa shape index (κ1) is 26.0. The minimum absolute atomic E-state index is 0.933. The van der Waals surface area contributed by atoms with Crippen molar-refractivity contribution in [3.05, 3.63) is 158 Å². The highest BCUT2D eigenvalue weighted by Crippen LogP contribution is 2.43. The molecule has 0 aliphatic carbocycles. The van der Waals surface area contributed by atoms with E-state index in [1.165, 1.54) is 74.8 Å². The first-order valence-corrected chi connectivity index (χ1v) is 17.0. The van der Waals surface area contributed by atoms with E-state index < -0.39 is 0 Å². The molecule has 0 atom stereocenters. The summed E-state index contributed by atoms with van der Waals surface area (Å²) in [5.41, 5.74) is 8.21. The number of fused-ring (bicyclic) bond motifs is 11. The molecule has 4 nitrogen and oxygen atoms in total. The van der Waals surface area contributed by atoms with Gasteiger partial charge in [0.2, 0.25) is 0 Å². The Balaban J connectivity index is 1.21. The van der Waals surface area contributed by atoms with Crippen LogP contribution in [-0.4, -0.2) is 18.7 Å². The second-order valence-corrected chi connectivity index (χ2v) is 13.5. The lowest BCUT2D eigenvalue weighted by Gasteiger charge is -2.13. The van der Waals surface area contributed by atoms with E-state index in [0.29, 0.717) is 0 Å². The smallest absolute Gasteiger partial charge is 0.138 e. The van der Waals surface area contributed by atoms with E-state index in [1.807, 2.05) is 0 Å². The Labute approximate surface area is 278 Å². The summed E-state index contributed by atoms with van der Waals surface area (Å²) in [7, 11) is 0. The van der Waals surface area contributed by atoms with Gasteiger partial charge in [0, 0.05) is 60.0 Å². The van der Waals surface area contributed by atoms with Crippen molar-refractivity contribution in [2.45, 2.75) is 0 Å². The Hall–Kier alpha value is -6.17. The maximum atomic E-state index is 5.03. The zero-order chi connectivity index (χ0) is 31.3. The van der Waals surface area contributed by atoms with Crippen LogP contribution >= 0.6 is 11.3 Å². The van der Waals surface area contributed by atoms with Crippen molar-refractivity contribution in [3.63, 3.8) is 0 Å². The van der Waals surface area contributed by atoms with Gasteiger partial charge in [-0.2, -0.15) is 0 Å². The van der Waals surface area contributed by atoms with Gasteiger partial charge in [0.1, 0.15) is 11.5 Å². The largest absolute Gasteiger partial charge is 0.295 e. The summed E-state index contributed by atoms with van der Waals surface area (Å²) in [6.45, 7) is 0. The second-order valence-electron chi connectivity index (χ2n) is 12.4. The van der Waals surface area contributed by atoms with E-state index in [4.69, 9.17) is 4.98 Å². The van der Waals surface area contributed by atoms with Crippen molar-refractivity contribution >= 4 is 86.2 Å². The van der Waals surface area contributed by atoms with E-state index in [0.717, 1.165) is 17.2 Å². The topological polar surface area (TPSA) is 27.7 Å². The number of aromatic nitrogens is 4. The molecule has 0 N–H and O–H groups in total. The summed E-state index contributed by atoms with van der Waals surface area (Å²) in [5, 5.41) is 8.74. The molecular weight excluding hydrogens is 605 g/mol. The lowest BCUT2D eigenvalue weighted by Crippen LogP contribution is -2.01. The van der Waals surface area contributed by atoms with Crippen LogP contribution in [0.2, 0.25) is 0 Å². The number of hydrogen-bond donors (Lipinski definition) is 0. The third-order valence-electron chi connectivity index (χ3n) is 9.88. The lowest BCUT2D eigenvalue weighted by molar-refractivity contribution is 1.07. The zero-order valence-corrected chi connectivity index (χ0v) is 26.5. The Morgan fingerprint density at radius 1 is 0.396 bits per heavy atom. The molecule has 5 aromatic heterocycles.